The van der Waals surface area contributed by atoms with Gasteiger partial charge in [-0.3, -0.25) is 5.43 Å². The Morgan fingerprint density at radius 1 is 0.879 bits per heavy atom. The first-order chi connectivity index (χ1) is 16.2. The second-order valence-corrected chi connectivity index (χ2v) is 8.02. The largest absolute Gasteiger partial charge is 0.497 e. The fourth-order valence-corrected chi connectivity index (χ4v) is 3.88. The van der Waals surface area contributed by atoms with Crippen molar-refractivity contribution in [2.45, 2.75) is 6.42 Å². The number of hydrogen-bond acceptors (Lipinski definition) is 8. The Morgan fingerprint density at radius 2 is 1.67 bits per heavy atom. The van der Waals surface area contributed by atoms with Gasteiger partial charge < -0.3 is 18.9 Å². The number of benzene rings is 3. The molecule has 0 aliphatic carbocycles. The molecule has 1 aromatic heterocycles. The summed E-state index contributed by atoms with van der Waals surface area (Å²) in [5.41, 5.74) is 4.83. The van der Waals surface area contributed by atoms with Crippen LogP contribution in [0.3, 0.4) is 0 Å². The van der Waals surface area contributed by atoms with E-state index >= 15 is 0 Å². The van der Waals surface area contributed by atoms with Crippen molar-refractivity contribution in [2.75, 3.05) is 32.9 Å². The minimum absolute atomic E-state index is 0.513. The van der Waals surface area contributed by atoms with Gasteiger partial charge in [0.2, 0.25) is 5.13 Å². The highest BCUT2D eigenvalue weighted by Crippen LogP contribution is 2.28. The van der Waals surface area contributed by atoms with Crippen LogP contribution in [0.4, 0.5) is 5.13 Å². The number of hydrazone groups is 1. The van der Waals surface area contributed by atoms with Crippen LogP contribution in [0.2, 0.25) is 0 Å². The van der Waals surface area contributed by atoms with Crippen molar-refractivity contribution in [3.63, 3.8) is 0 Å². The number of fused-ring (bicyclic) bond motifs is 1. The number of ether oxygens (including phenoxy) is 4. The molecule has 1 N–H and O–H groups in total. The van der Waals surface area contributed by atoms with E-state index in [1.54, 1.807) is 31.8 Å². The normalized spacial score (nSPS) is 11.0. The Bertz CT molecular complexity index is 1170. The number of anilines is 1. The summed E-state index contributed by atoms with van der Waals surface area (Å²) >= 11 is 1.56. The third-order valence-electron chi connectivity index (χ3n) is 4.73. The summed E-state index contributed by atoms with van der Waals surface area (Å²) in [4.78, 5) is 4.50. The molecule has 0 unspecified atom stereocenters. The maximum Gasteiger partial charge on any atom is 0.204 e. The summed E-state index contributed by atoms with van der Waals surface area (Å²) in [5.74, 6) is 2.93. The van der Waals surface area contributed by atoms with E-state index in [-0.39, 0.29) is 0 Å². The smallest absolute Gasteiger partial charge is 0.204 e. The maximum absolute atomic E-state index is 5.87. The van der Waals surface area contributed by atoms with Crippen molar-refractivity contribution in [2.24, 2.45) is 5.10 Å². The maximum atomic E-state index is 5.87. The van der Waals surface area contributed by atoms with Crippen molar-refractivity contribution in [1.29, 1.82) is 0 Å². The number of nitrogens with one attached hydrogen (secondary N) is 1. The predicted molar refractivity (Wildman–Crippen MR) is 132 cm³/mol. The molecule has 4 rings (SSSR count). The quantitative estimate of drug-likeness (QED) is 0.177. The molecule has 0 aliphatic heterocycles. The average molecular weight is 464 g/mol. The van der Waals surface area contributed by atoms with Gasteiger partial charge in [0.1, 0.15) is 11.5 Å². The zero-order chi connectivity index (χ0) is 22.9. The molecule has 170 valence electrons. The lowest BCUT2D eigenvalue weighted by atomic mass is 10.2. The molecule has 33 heavy (non-hydrogen) atoms. The van der Waals surface area contributed by atoms with E-state index in [2.05, 4.69) is 15.5 Å². The molecule has 3 aromatic carbocycles. The summed E-state index contributed by atoms with van der Waals surface area (Å²) in [7, 11) is 3.26. The van der Waals surface area contributed by atoms with Crippen molar-refractivity contribution >= 4 is 32.9 Å². The summed E-state index contributed by atoms with van der Waals surface area (Å²) in [6, 6.07) is 21.2. The van der Waals surface area contributed by atoms with Gasteiger partial charge in [0.15, 0.2) is 11.5 Å². The van der Waals surface area contributed by atoms with E-state index in [0.717, 1.165) is 38.8 Å². The van der Waals surface area contributed by atoms with Gasteiger partial charge in [0.25, 0.3) is 0 Å². The molecule has 0 aliphatic rings. The molecule has 0 amide bonds. The van der Waals surface area contributed by atoms with Crippen LogP contribution in [0, 0.1) is 0 Å². The Balaban J connectivity index is 1.25. The van der Waals surface area contributed by atoms with Crippen LogP contribution in [-0.2, 0) is 0 Å². The van der Waals surface area contributed by atoms with E-state index in [9.17, 15) is 0 Å². The number of hydrogen-bond donors (Lipinski definition) is 1. The monoisotopic (exact) mass is 463 g/mol. The van der Waals surface area contributed by atoms with Crippen LogP contribution < -0.4 is 24.4 Å². The van der Waals surface area contributed by atoms with Crippen LogP contribution in [0.5, 0.6) is 23.0 Å². The minimum Gasteiger partial charge on any atom is -0.497 e. The number of nitrogens with zero attached hydrogens (tertiary/aromatic N) is 2. The van der Waals surface area contributed by atoms with Crippen LogP contribution in [0.15, 0.2) is 71.8 Å². The number of para-hydroxylation sites is 1. The standard InChI is InChI=1S/C25H25N3O4S/c1-29-19-9-11-20(12-10-19)31-14-5-15-32-22-13-8-18(16-23(22)30-2)17-26-28-25-27-21-6-3-4-7-24(21)33-25/h3-4,6-13,16-17H,5,14-15H2,1-2H3,(H,27,28)/b26-17-. The third-order valence-corrected chi connectivity index (χ3v) is 5.67. The number of thiazole rings is 1. The average Bonchev–Trinajstić information content (AvgIpc) is 3.27. The Morgan fingerprint density at radius 3 is 2.45 bits per heavy atom. The molecule has 8 heteroatoms. The molecule has 0 saturated heterocycles. The van der Waals surface area contributed by atoms with Crippen LogP contribution in [0.1, 0.15) is 12.0 Å². The SMILES string of the molecule is COc1ccc(OCCCOc2ccc(/C=N\Nc3nc4ccccc4s3)cc2OC)cc1. The second-order valence-electron chi connectivity index (χ2n) is 6.99. The van der Waals surface area contributed by atoms with E-state index in [1.165, 1.54) is 0 Å². The van der Waals surface area contributed by atoms with Gasteiger partial charge in [-0.25, -0.2) is 4.98 Å². The van der Waals surface area contributed by atoms with Gasteiger partial charge >= 0.3 is 0 Å². The molecular weight excluding hydrogens is 438 g/mol. The first kappa shape index (κ1) is 22.4. The van der Waals surface area contributed by atoms with Crippen molar-refractivity contribution in [3.05, 3.63) is 72.3 Å². The zero-order valence-corrected chi connectivity index (χ0v) is 19.3. The highest BCUT2D eigenvalue weighted by Gasteiger charge is 2.06. The lowest BCUT2D eigenvalue weighted by Crippen LogP contribution is -2.06. The van der Waals surface area contributed by atoms with Gasteiger partial charge in [-0.1, -0.05) is 23.5 Å². The fourth-order valence-electron chi connectivity index (χ4n) is 3.07. The van der Waals surface area contributed by atoms with Crippen LogP contribution in [-0.4, -0.2) is 38.6 Å². The molecule has 0 fully saturated rings. The highest BCUT2D eigenvalue weighted by molar-refractivity contribution is 7.22. The summed E-state index contributed by atoms with van der Waals surface area (Å²) in [5, 5.41) is 5.04. The first-order valence-electron chi connectivity index (χ1n) is 10.5. The molecule has 4 aromatic rings. The molecule has 0 saturated carbocycles. The molecule has 1 heterocycles. The van der Waals surface area contributed by atoms with Crippen molar-refractivity contribution in [1.82, 2.24) is 4.98 Å². The van der Waals surface area contributed by atoms with Gasteiger partial charge in [0.05, 0.1) is 43.9 Å². The first-order valence-corrected chi connectivity index (χ1v) is 11.3. The Hall–Kier alpha value is -3.78. The van der Waals surface area contributed by atoms with Crippen molar-refractivity contribution in [3.8, 4) is 23.0 Å². The van der Waals surface area contributed by atoms with E-state index in [1.807, 2.05) is 66.7 Å². The second kappa shape index (κ2) is 11.2. The van der Waals surface area contributed by atoms with Gasteiger partial charge in [-0.05, 0) is 60.2 Å². The van der Waals surface area contributed by atoms with Gasteiger partial charge in [-0.15, -0.1) is 0 Å². The minimum atomic E-state index is 0.513. The molecule has 0 radical (unpaired) electrons. The van der Waals surface area contributed by atoms with E-state index in [0.29, 0.717) is 24.7 Å². The topological polar surface area (TPSA) is 74.2 Å². The van der Waals surface area contributed by atoms with Gasteiger partial charge in [0, 0.05) is 6.42 Å². The van der Waals surface area contributed by atoms with Crippen LogP contribution >= 0.6 is 11.3 Å². The Labute approximate surface area is 196 Å². The molecule has 0 atom stereocenters. The van der Waals surface area contributed by atoms with E-state index in [4.69, 9.17) is 18.9 Å². The summed E-state index contributed by atoms with van der Waals surface area (Å²) < 4.78 is 23.3. The molecule has 0 bridgehead atoms. The fraction of sp³-hybridized carbons (Fsp3) is 0.200. The van der Waals surface area contributed by atoms with Crippen molar-refractivity contribution < 1.29 is 18.9 Å². The van der Waals surface area contributed by atoms with Gasteiger partial charge in [-0.2, -0.15) is 5.10 Å². The lowest BCUT2D eigenvalue weighted by molar-refractivity contribution is 0.240. The van der Waals surface area contributed by atoms with E-state index < -0.39 is 0 Å². The molecule has 7 nitrogen and oxygen atoms in total. The predicted octanol–water partition coefficient (Wildman–Crippen LogP) is 5.61. The van der Waals surface area contributed by atoms with Crippen LogP contribution in [0.25, 0.3) is 10.2 Å². The number of rotatable bonds is 11. The zero-order valence-electron chi connectivity index (χ0n) is 18.5. The molecular formula is C25H25N3O4S. The Kier molecular flexibility index (Phi) is 7.60. The summed E-state index contributed by atoms with van der Waals surface area (Å²) in [6.45, 7) is 1.07. The number of methoxy groups -OCH3 is 2. The highest BCUT2D eigenvalue weighted by atomic mass is 32.1. The summed E-state index contributed by atoms with van der Waals surface area (Å²) in [6.07, 6.45) is 2.46. The third kappa shape index (κ3) is 6.14. The lowest BCUT2D eigenvalue weighted by Gasteiger charge is -2.12. The molecule has 0 spiro atoms. The number of aromatic nitrogens is 1.